The van der Waals surface area contributed by atoms with Gasteiger partial charge in [-0.3, -0.25) is 4.98 Å². The normalized spacial score (nSPS) is 12.8. The van der Waals surface area contributed by atoms with Gasteiger partial charge in [0.2, 0.25) is 0 Å². The Labute approximate surface area is 227 Å². The molecule has 2 N–H and O–H groups in total. The fraction of sp³-hybridized carbons (Fsp3) is 0.207. The highest BCUT2D eigenvalue weighted by atomic mass is 32.2. The summed E-state index contributed by atoms with van der Waals surface area (Å²) < 4.78 is 47.8. The van der Waals surface area contributed by atoms with E-state index in [1.807, 2.05) is 65.8 Å². The fourth-order valence-corrected chi connectivity index (χ4v) is 4.66. The number of halogens is 1. The van der Waals surface area contributed by atoms with Crippen LogP contribution in [0.3, 0.4) is 0 Å². The minimum atomic E-state index is -3.00. The molecule has 39 heavy (non-hydrogen) atoms. The van der Waals surface area contributed by atoms with Crippen molar-refractivity contribution in [2.45, 2.75) is 19.7 Å². The van der Waals surface area contributed by atoms with Crippen LogP contribution in [0.25, 0.3) is 6.08 Å². The van der Waals surface area contributed by atoms with Crippen LogP contribution in [0.15, 0.2) is 83.7 Å². The van der Waals surface area contributed by atoms with Gasteiger partial charge in [-0.2, -0.15) is 0 Å². The smallest absolute Gasteiger partial charge is 0.199 e. The van der Waals surface area contributed by atoms with Crippen LogP contribution in [-0.4, -0.2) is 32.0 Å². The molecule has 0 fully saturated rings. The maximum absolute atomic E-state index is 13.4. The van der Waals surface area contributed by atoms with Crippen LogP contribution in [0.1, 0.15) is 22.5 Å². The molecule has 5 rings (SSSR count). The van der Waals surface area contributed by atoms with Gasteiger partial charge in [0.25, 0.3) is 0 Å². The van der Waals surface area contributed by atoms with Gasteiger partial charge in [0.1, 0.15) is 33.8 Å². The quantitative estimate of drug-likeness (QED) is 0.245. The first-order valence-corrected chi connectivity index (χ1v) is 14.5. The summed E-state index contributed by atoms with van der Waals surface area (Å²) in [4.78, 5) is 6.39. The van der Waals surface area contributed by atoms with Gasteiger partial charge in [-0.15, -0.1) is 0 Å². The molecule has 2 aromatic carbocycles. The van der Waals surface area contributed by atoms with E-state index in [0.717, 1.165) is 33.8 Å². The molecule has 2 aromatic heterocycles. The minimum Gasteiger partial charge on any atom is -0.489 e. The van der Waals surface area contributed by atoms with Crippen LogP contribution >= 0.6 is 0 Å². The molecule has 0 radical (unpaired) electrons. The molecule has 1 aliphatic rings. The fourth-order valence-electron chi connectivity index (χ4n) is 4.14. The van der Waals surface area contributed by atoms with Gasteiger partial charge < -0.3 is 24.7 Å². The molecule has 0 unspecified atom stereocenters. The van der Waals surface area contributed by atoms with Crippen molar-refractivity contribution in [2.24, 2.45) is 0 Å². The number of aromatic nitrogens is 1. The highest BCUT2D eigenvalue weighted by Crippen LogP contribution is 2.32. The summed E-state index contributed by atoms with van der Waals surface area (Å²) in [7, 11) is -3.00. The number of nitrogens with zero attached hydrogens (tertiary/aromatic N) is 2. The summed E-state index contributed by atoms with van der Waals surface area (Å²) in [5.41, 5.74) is 4.61. The lowest BCUT2D eigenvalue weighted by Crippen LogP contribution is -2.22. The summed E-state index contributed by atoms with van der Waals surface area (Å²) in [6.07, 6.45) is 8.80. The zero-order valence-electron chi connectivity index (χ0n) is 21.4. The number of benzene rings is 2. The Bertz CT molecular complexity index is 1570. The van der Waals surface area contributed by atoms with Crippen molar-refractivity contribution >= 4 is 33.2 Å². The summed E-state index contributed by atoms with van der Waals surface area (Å²) >= 11 is 0. The van der Waals surface area contributed by atoms with Gasteiger partial charge in [-0.05, 0) is 54.1 Å². The largest absolute Gasteiger partial charge is 0.489 e. The Morgan fingerprint density at radius 2 is 1.95 bits per heavy atom. The number of sulfone groups is 1. The van der Waals surface area contributed by atoms with Crippen LogP contribution in [0.4, 0.5) is 21.6 Å². The lowest BCUT2D eigenvalue weighted by Gasteiger charge is -2.25. The van der Waals surface area contributed by atoms with Crippen molar-refractivity contribution in [3.63, 3.8) is 0 Å². The second-order valence-corrected chi connectivity index (χ2v) is 11.6. The third-order valence-electron chi connectivity index (χ3n) is 6.16. The van der Waals surface area contributed by atoms with Crippen molar-refractivity contribution in [3.8, 4) is 5.75 Å². The van der Waals surface area contributed by atoms with Gasteiger partial charge in [0, 0.05) is 48.1 Å². The number of pyridine rings is 1. The molecule has 202 valence electrons. The molecule has 0 spiro atoms. The number of ether oxygens (including phenoxy) is 1. The van der Waals surface area contributed by atoms with Crippen LogP contribution in [0, 0.1) is 5.82 Å². The first kappa shape index (κ1) is 26.5. The first-order chi connectivity index (χ1) is 18.8. The molecular formula is C29H29FN4O4S. The van der Waals surface area contributed by atoms with E-state index in [-0.39, 0.29) is 18.2 Å². The van der Waals surface area contributed by atoms with Crippen LogP contribution in [0.2, 0.25) is 0 Å². The Kier molecular flexibility index (Phi) is 7.94. The third-order valence-corrected chi connectivity index (χ3v) is 7.11. The third kappa shape index (κ3) is 7.24. The van der Waals surface area contributed by atoms with Crippen molar-refractivity contribution < 1.29 is 22.0 Å². The number of fused-ring (bicyclic) bond motifs is 1. The summed E-state index contributed by atoms with van der Waals surface area (Å²) in [6.45, 7) is 1.68. The highest BCUT2D eigenvalue weighted by molar-refractivity contribution is 7.90. The predicted molar refractivity (Wildman–Crippen MR) is 150 cm³/mol. The molecule has 0 amide bonds. The number of furan rings is 1. The van der Waals surface area contributed by atoms with Crippen LogP contribution in [-0.2, 0) is 29.5 Å². The number of hydrogen-bond donors (Lipinski definition) is 2. The maximum atomic E-state index is 13.4. The Balaban J connectivity index is 1.20. The van der Waals surface area contributed by atoms with E-state index < -0.39 is 9.84 Å². The summed E-state index contributed by atoms with van der Waals surface area (Å²) in [5, 5.41) is 6.54. The molecule has 3 heterocycles. The first-order valence-electron chi connectivity index (χ1n) is 12.5. The monoisotopic (exact) mass is 548 g/mol. The Hall–Kier alpha value is -4.15. The van der Waals surface area contributed by atoms with Crippen LogP contribution in [0.5, 0.6) is 5.75 Å². The number of nitrogens with one attached hydrogen (secondary N) is 2. The number of anilines is 3. The average molecular weight is 549 g/mol. The van der Waals surface area contributed by atoms with Gasteiger partial charge in [0.05, 0.1) is 30.7 Å². The predicted octanol–water partition coefficient (Wildman–Crippen LogP) is 5.26. The number of hydrogen-bond acceptors (Lipinski definition) is 8. The second-order valence-electron chi connectivity index (χ2n) is 9.31. The number of rotatable bonds is 11. The molecular weight excluding hydrogens is 519 g/mol. The zero-order chi connectivity index (χ0) is 27.2. The molecule has 1 aliphatic heterocycles. The molecule has 4 aromatic rings. The van der Waals surface area contributed by atoms with Gasteiger partial charge >= 0.3 is 0 Å². The van der Waals surface area contributed by atoms with E-state index in [4.69, 9.17) is 9.15 Å². The van der Waals surface area contributed by atoms with Crippen molar-refractivity contribution in [3.05, 3.63) is 108 Å². The molecule has 0 bridgehead atoms. The van der Waals surface area contributed by atoms with E-state index in [0.29, 0.717) is 31.3 Å². The van der Waals surface area contributed by atoms with Crippen molar-refractivity contribution in [1.82, 2.24) is 10.3 Å². The molecule has 0 aliphatic carbocycles. The SMILES string of the molecule is CS(=O)(=O)CCNCc1ccc(N2C=Cc3cncc(Nc4ccc(OCc5cccc(F)c5)cc4)c3C2)o1. The molecule has 0 saturated carbocycles. The minimum absolute atomic E-state index is 0.0840. The molecule has 0 saturated heterocycles. The Morgan fingerprint density at radius 1 is 1.10 bits per heavy atom. The van der Waals surface area contributed by atoms with Gasteiger partial charge in [-0.25, -0.2) is 12.8 Å². The average Bonchev–Trinajstić information content (AvgIpc) is 3.39. The topological polar surface area (TPSA) is 96.7 Å². The lowest BCUT2D eigenvalue weighted by atomic mass is 10.0. The zero-order valence-corrected chi connectivity index (χ0v) is 22.2. The van der Waals surface area contributed by atoms with E-state index in [2.05, 4.69) is 15.6 Å². The second kappa shape index (κ2) is 11.7. The molecule has 10 heteroatoms. The van der Waals surface area contributed by atoms with E-state index in [1.165, 1.54) is 18.4 Å². The van der Waals surface area contributed by atoms with Crippen molar-refractivity contribution in [2.75, 3.05) is 28.8 Å². The maximum Gasteiger partial charge on any atom is 0.199 e. The summed E-state index contributed by atoms with van der Waals surface area (Å²) in [5.74, 6) is 1.91. The molecule has 8 nitrogen and oxygen atoms in total. The lowest BCUT2D eigenvalue weighted by molar-refractivity contribution is 0.305. The molecule has 0 atom stereocenters. The standard InChI is InChI=1S/C29H29FN4O4S/c1-39(35,36)14-12-31-17-26-9-10-29(38-26)34-13-11-22-16-32-18-28(27(22)19-34)33-24-5-7-25(8-6-24)37-20-21-3-2-4-23(30)15-21/h2-11,13,15-16,18,31,33H,12,14,17,19-20H2,1H3. The van der Waals surface area contributed by atoms with E-state index >= 15 is 0 Å². The highest BCUT2D eigenvalue weighted by Gasteiger charge is 2.19. The van der Waals surface area contributed by atoms with Crippen molar-refractivity contribution in [1.29, 1.82) is 0 Å². The van der Waals surface area contributed by atoms with E-state index in [9.17, 15) is 12.8 Å². The van der Waals surface area contributed by atoms with Crippen LogP contribution < -0.4 is 20.3 Å². The Morgan fingerprint density at radius 3 is 2.74 bits per heavy atom. The summed E-state index contributed by atoms with van der Waals surface area (Å²) in [6, 6.07) is 17.7. The van der Waals surface area contributed by atoms with E-state index in [1.54, 1.807) is 12.3 Å². The van der Waals surface area contributed by atoms with Gasteiger partial charge in [-0.1, -0.05) is 12.1 Å². The van der Waals surface area contributed by atoms with Gasteiger partial charge in [0.15, 0.2) is 5.88 Å².